The number of nitrogens with one attached hydrogen (secondary N) is 1. The number of aromatic nitrogens is 3. The highest BCUT2D eigenvalue weighted by Gasteiger charge is 2.25. The molecular formula is C24H24N4O. The lowest BCUT2D eigenvalue weighted by molar-refractivity contribution is 0.474. The molecule has 2 aromatic heterocycles. The van der Waals surface area contributed by atoms with Gasteiger partial charge >= 0.3 is 0 Å². The van der Waals surface area contributed by atoms with Gasteiger partial charge in [-0.25, -0.2) is 9.97 Å². The van der Waals surface area contributed by atoms with E-state index in [9.17, 15) is 5.11 Å². The van der Waals surface area contributed by atoms with E-state index in [2.05, 4.69) is 58.0 Å². The fourth-order valence-corrected chi connectivity index (χ4v) is 4.44. The van der Waals surface area contributed by atoms with Crippen LogP contribution in [-0.4, -0.2) is 19.6 Å². The predicted molar refractivity (Wildman–Crippen MR) is 115 cm³/mol. The average molecular weight is 384 g/mol. The van der Waals surface area contributed by atoms with E-state index in [1.807, 2.05) is 18.2 Å². The molecule has 2 heterocycles. The molecule has 146 valence electrons. The lowest BCUT2D eigenvalue weighted by Crippen LogP contribution is -2.09. The molecule has 5 nitrogen and oxygen atoms in total. The quantitative estimate of drug-likeness (QED) is 0.525. The maximum Gasteiger partial charge on any atom is 0.146 e. The second kappa shape index (κ2) is 6.92. The molecule has 1 unspecified atom stereocenters. The number of phenolic OH excluding ortho intramolecular Hbond substituents is 1. The highest BCUT2D eigenvalue weighted by atomic mass is 16.3. The van der Waals surface area contributed by atoms with Gasteiger partial charge in [0, 0.05) is 12.2 Å². The Hall–Kier alpha value is -3.34. The second-order valence-corrected chi connectivity index (χ2v) is 7.82. The van der Waals surface area contributed by atoms with E-state index in [1.165, 1.54) is 22.4 Å². The van der Waals surface area contributed by atoms with E-state index in [1.54, 1.807) is 12.4 Å². The number of anilines is 1. The molecule has 2 aromatic carbocycles. The summed E-state index contributed by atoms with van der Waals surface area (Å²) in [5.41, 5.74) is 7.07. The fourth-order valence-electron chi connectivity index (χ4n) is 4.44. The van der Waals surface area contributed by atoms with Gasteiger partial charge in [-0.15, -0.1) is 0 Å². The maximum atomic E-state index is 9.92. The minimum atomic E-state index is 0.146. The lowest BCUT2D eigenvalue weighted by Gasteiger charge is -2.16. The smallest absolute Gasteiger partial charge is 0.146 e. The minimum Gasteiger partial charge on any atom is -0.508 e. The molecule has 1 aliphatic rings. The van der Waals surface area contributed by atoms with Gasteiger partial charge in [-0.2, -0.15) is 0 Å². The van der Waals surface area contributed by atoms with Crippen LogP contribution in [0, 0.1) is 13.8 Å². The summed E-state index contributed by atoms with van der Waals surface area (Å²) >= 11 is 0. The molecule has 0 amide bonds. The van der Waals surface area contributed by atoms with Crippen LogP contribution < -0.4 is 5.32 Å². The molecule has 2 N–H and O–H groups in total. The van der Waals surface area contributed by atoms with Crippen molar-refractivity contribution >= 4 is 16.9 Å². The van der Waals surface area contributed by atoms with E-state index in [0.29, 0.717) is 5.75 Å². The number of benzene rings is 2. The molecule has 1 aliphatic carbocycles. The molecule has 0 radical (unpaired) electrons. The second-order valence-electron chi connectivity index (χ2n) is 7.82. The molecule has 1 atom stereocenters. The first-order chi connectivity index (χ1) is 14.1. The summed E-state index contributed by atoms with van der Waals surface area (Å²) in [7, 11) is 0. The first-order valence-corrected chi connectivity index (χ1v) is 10.0. The van der Waals surface area contributed by atoms with Gasteiger partial charge in [-0.05, 0) is 61.1 Å². The number of fused-ring (bicyclic) bond motifs is 2. The Morgan fingerprint density at radius 3 is 2.76 bits per heavy atom. The van der Waals surface area contributed by atoms with Crippen molar-refractivity contribution in [3.63, 3.8) is 0 Å². The van der Waals surface area contributed by atoms with Crippen molar-refractivity contribution in [3.8, 4) is 5.75 Å². The predicted octanol–water partition coefficient (Wildman–Crippen LogP) is 4.90. The molecule has 0 fully saturated rings. The van der Waals surface area contributed by atoms with Crippen LogP contribution in [0.15, 0.2) is 54.9 Å². The number of rotatable bonds is 4. The van der Waals surface area contributed by atoms with E-state index in [0.717, 1.165) is 41.8 Å². The van der Waals surface area contributed by atoms with E-state index in [-0.39, 0.29) is 6.04 Å². The van der Waals surface area contributed by atoms with Crippen molar-refractivity contribution in [1.29, 1.82) is 0 Å². The molecule has 4 aromatic rings. The van der Waals surface area contributed by atoms with Crippen molar-refractivity contribution in [2.75, 3.05) is 5.32 Å². The van der Waals surface area contributed by atoms with E-state index >= 15 is 0 Å². The van der Waals surface area contributed by atoms with Crippen LogP contribution in [0.4, 0.5) is 5.82 Å². The number of hydrogen-bond acceptors (Lipinski definition) is 4. The average Bonchev–Trinajstić information content (AvgIpc) is 3.23. The third-order valence-electron chi connectivity index (χ3n) is 6.11. The topological polar surface area (TPSA) is 63.0 Å². The Morgan fingerprint density at radius 2 is 1.93 bits per heavy atom. The number of nitrogens with zero attached hydrogens (tertiary/aromatic N) is 3. The van der Waals surface area contributed by atoms with Crippen LogP contribution in [0.5, 0.6) is 5.75 Å². The first kappa shape index (κ1) is 17.7. The molecule has 0 aliphatic heterocycles. The van der Waals surface area contributed by atoms with Gasteiger partial charge in [0.1, 0.15) is 23.5 Å². The normalized spacial score (nSPS) is 15.6. The Labute approximate surface area is 170 Å². The largest absolute Gasteiger partial charge is 0.508 e. The zero-order chi connectivity index (χ0) is 20.0. The van der Waals surface area contributed by atoms with E-state index < -0.39 is 0 Å². The zero-order valence-corrected chi connectivity index (χ0v) is 16.7. The summed E-state index contributed by atoms with van der Waals surface area (Å²) in [6.45, 7) is 5.07. The number of aromatic hydroxyl groups is 1. The van der Waals surface area contributed by atoms with Crippen molar-refractivity contribution in [2.45, 2.75) is 39.3 Å². The van der Waals surface area contributed by atoms with Gasteiger partial charge in [0.15, 0.2) is 0 Å². The summed E-state index contributed by atoms with van der Waals surface area (Å²) in [6.07, 6.45) is 3.64. The summed E-state index contributed by atoms with van der Waals surface area (Å²) in [4.78, 5) is 9.21. The highest BCUT2D eigenvalue weighted by molar-refractivity contribution is 5.92. The number of aryl methyl sites for hydroxylation is 2. The fraction of sp³-hybridized carbons (Fsp3) is 0.250. The summed E-state index contributed by atoms with van der Waals surface area (Å²) in [5, 5.41) is 14.6. The van der Waals surface area contributed by atoms with Crippen molar-refractivity contribution in [1.82, 2.24) is 14.5 Å². The van der Waals surface area contributed by atoms with Crippen molar-refractivity contribution < 1.29 is 5.11 Å². The molecular weight excluding hydrogens is 360 g/mol. The number of phenols is 1. The Balaban J connectivity index is 1.55. The number of hydrogen-bond donors (Lipinski definition) is 2. The minimum absolute atomic E-state index is 0.146. The Kier molecular flexibility index (Phi) is 4.23. The Bertz CT molecular complexity index is 1200. The molecule has 0 bridgehead atoms. The monoisotopic (exact) mass is 384 g/mol. The van der Waals surface area contributed by atoms with Crippen LogP contribution in [0.25, 0.3) is 11.0 Å². The van der Waals surface area contributed by atoms with Crippen molar-refractivity contribution in [2.24, 2.45) is 0 Å². The molecule has 0 saturated heterocycles. The van der Waals surface area contributed by atoms with Gasteiger partial charge in [-0.1, -0.05) is 36.4 Å². The lowest BCUT2D eigenvalue weighted by atomic mass is 10.1. The third-order valence-corrected chi connectivity index (χ3v) is 6.11. The standard InChI is InChI=1S/C24H24N4O/c1-15-16(2)28(13-17-6-4-3-5-7-17)24-22(15)23(25-14-26-24)27-21-11-9-18-8-10-19(29)12-20(18)21/h3-8,10,12,14,21,29H,9,11,13H2,1-2H3,(H,25,26,27). The molecule has 5 rings (SSSR count). The molecule has 0 spiro atoms. The van der Waals surface area contributed by atoms with Crippen LogP contribution in [0.2, 0.25) is 0 Å². The highest BCUT2D eigenvalue weighted by Crippen LogP contribution is 2.38. The van der Waals surface area contributed by atoms with Crippen LogP contribution in [0.3, 0.4) is 0 Å². The molecule has 0 saturated carbocycles. The van der Waals surface area contributed by atoms with Gasteiger partial charge in [0.25, 0.3) is 0 Å². The van der Waals surface area contributed by atoms with Crippen LogP contribution in [-0.2, 0) is 13.0 Å². The third kappa shape index (κ3) is 3.03. The Morgan fingerprint density at radius 1 is 1.10 bits per heavy atom. The summed E-state index contributed by atoms with van der Waals surface area (Å²) in [6, 6.07) is 16.3. The van der Waals surface area contributed by atoms with Gasteiger partial charge < -0.3 is 15.0 Å². The van der Waals surface area contributed by atoms with E-state index in [4.69, 9.17) is 0 Å². The maximum absolute atomic E-state index is 9.92. The van der Waals surface area contributed by atoms with Crippen molar-refractivity contribution in [3.05, 3.63) is 82.8 Å². The summed E-state index contributed by atoms with van der Waals surface area (Å²) in [5.74, 6) is 1.18. The van der Waals surface area contributed by atoms with Crippen LogP contribution >= 0.6 is 0 Å². The SMILES string of the molecule is Cc1c(C)n(Cc2ccccc2)c2ncnc(NC3CCc4ccc(O)cc43)c12. The van der Waals surface area contributed by atoms with Crippen LogP contribution in [0.1, 0.15) is 40.4 Å². The first-order valence-electron chi connectivity index (χ1n) is 10.0. The molecule has 5 heteroatoms. The van der Waals surface area contributed by atoms with Gasteiger partial charge in [0.2, 0.25) is 0 Å². The zero-order valence-electron chi connectivity index (χ0n) is 16.7. The van der Waals surface area contributed by atoms with Gasteiger partial charge in [-0.3, -0.25) is 0 Å². The van der Waals surface area contributed by atoms with Gasteiger partial charge in [0.05, 0.1) is 11.4 Å². The molecule has 29 heavy (non-hydrogen) atoms. The summed E-state index contributed by atoms with van der Waals surface area (Å²) < 4.78 is 2.27.